The number of pyridine rings is 1. The van der Waals surface area contributed by atoms with Crippen molar-refractivity contribution < 1.29 is 4.39 Å². The van der Waals surface area contributed by atoms with E-state index in [1.54, 1.807) is 12.3 Å². The highest BCUT2D eigenvalue weighted by Crippen LogP contribution is 2.31. The lowest BCUT2D eigenvalue weighted by molar-refractivity contribution is 0.309. The monoisotopic (exact) mass is 306 g/mol. The fourth-order valence-electron chi connectivity index (χ4n) is 1.96. The summed E-state index contributed by atoms with van der Waals surface area (Å²) in [7, 11) is 0. The number of likely N-dealkylation sites (tertiary alicyclic amines) is 1. The Labute approximate surface area is 96.7 Å². The predicted octanol–water partition coefficient (Wildman–Crippen LogP) is 2.75. The molecule has 2 heterocycles. The van der Waals surface area contributed by atoms with E-state index in [9.17, 15) is 4.39 Å². The largest absolute Gasteiger partial charge is 0.287 e. The van der Waals surface area contributed by atoms with Gasteiger partial charge in [0, 0.05) is 12.2 Å². The highest BCUT2D eigenvalue weighted by Gasteiger charge is 2.25. The second-order valence-electron chi connectivity index (χ2n) is 3.53. The van der Waals surface area contributed by atoms with Crippen molar-refractivity contribution >= 4 is 22.6 Å². The summed E-state index contributed by atoms with van der Waals surface area (Å²) < 4.78 is 14.0. The lowest BCUT2D eigenvalue weighted by Crippen LogP contribution is -2.21. The number of halogens is 2. The molecule has 1 atom stereocenters. The van der Waals surface area contributed by atoms with Gasteiger partial charge in [-0.15, -0.1) is 0 Å². The zero-order chi connectivity index (χ0) is 9.97. The summed E-state index contributed by atoms with van der Waals surface area (Å²) in [6.45, 7) is 1.12. The molecule has 0 spiro atoms. The zero-order valence-corrected chi connectivity index (χ0v) is 9.95. The molecule has 76 valence electrons. The predicted molar refractivity (Wildman–Crippen MR) is 61.8 cm³/mol. The van der Waals surface area contributed by atoms with Crippen LogP contribution in [0.2, 0.25) is 0 Å². The maximum absolute atomic E-state index is 13.0. The van der Waals surface area contributed by atoms with Crippen molar-refractivity contribution in [1.82, 2.24) is 9.88 Å². The third-order valence-electron chi connectivity index (χ3n) is 2.63. The van der Waals surface area contributed by atoms with Crippen molar-refractivity contribution in [3.63, 3.8) is 0 Å². The Morgan fingerprint density at radius 3 is 3.14 bits per heavy atom. The first kappa shape index (κ1) is 10.3. The van der Waals surface area contributed by atoms with Gasteiger partial charge in [-0.1, -0.05) is 22.6 Å². The van der Waals surface area contributed by atoms with Crippen molar-refractivity contribution in [3.05, 3.63) is 29.8 Å². The zero-order valence-electron chi connectivity index (χ0n) is 7.79. The van der Waals surface area contributed by atoms with Gasteiger partial charge >= 0.3 is 0 Å². The van der Waals surface area contributed by atoms with Gasteiger partial charge in [0.15, 0.2) is 0 Å². The topological polar surface area (TPSA) is 16.1 Å². The van der Waals surface area contributed by atoms with E-state index in [4.69, 9.17) is 0 Å². The first-order valence-corrected chi connectivity index (χ1v) is 6.24. The van der Waals surface area contributed by atoms with E-state index in [2.05, 4.69) is 32.5 Å². The molecule has 1 aromatic rings. The molecule has 0 amide bonds. The Morgan fingerprint density at radius 1 is 1.57 bits per heavy atom. The second-order valence-corrected chi connectivity index (χ2v) is 4.21. The van der Waals surface area contributed by atoms with E-state index < -0.39 is 0 Å². The van der Waals surface area contributed by atoms with Crippen molar-refractivity contribution in [2.75, 3.05) is 11.1 Å². The molecule has 0 aromatic carbocycles. The maximum atomic E-state index is 13.0. The molecule has 1 aliphatic rings. The van der Waals surface area contributed by atoms with E-state index in [1.807, 2.05) is 0 Å². The normalized spacial score (nSPS) is 22.9. The molecule has 1 fully saturated rings. The van der Waals surface area contributed by atoms with Crippen LogP contribution < -0.4 is 0 Å². The van der Waals surface area contributed by atoms with Crippen LogP contribution in [0.15, 0.2) is 18.5 Å². The van der Waals surface area contributed by atoms with Gasteiger partial charge in [-0.25, -0.2) is 4.39 Å². The van der Waals surface area contributed by atoms with E-state index in [1.165, 1.54) is 12.6 Å². The molecule has 0 saturated carbocycles. The number of hydrogen-bond acceptors (Lipinski definition) is 2. The van der Waals surface area contributed by atoms with Crippen molar-refractivity contribution in [2.24, 2.45) is 0 Å². The molecular weight excluding hydrogens is 294 g/mol. The Morgan fingerprint density at radius 2 is 2.43 bits per heavy atom. The Balaban J connectivity index is 2.21. The molecule has 0 radical (unpaired) electrons. The van der Waals surface area contributed by atoms with Crippen LogP contribution in [0, 0.1) is 5.82 Å². The smallest absolute Gasteiger partial charge is 0.141 e. The van der Waals surface area contributed by atoms with E-state index in [0.717, 1.165) is 23.1 Å². The van der Waals surface area contributed by atoms with Gasteiger partial charge in [0.25, 0.3) is 0 Å². The molecule has 0 N–H and O–H groups in total. The van der Waals surface area contributed by atoms with Gasteiger partial charge in [0.05, 0.1) is 10.7 Å². The van der Waals surface area contributed by atoms with Gasteiger partial charge in [-0.3, -0.25) is 9.88 Å². The van der Waals surface area contributed by atoms with Crippen LogP contribution in [0.1, 0.15) is 24.4 Å². The van der Waals surface area contributed by atoms with E-state index >= 15 is 0 Å². The Bertz CT molecular complexity index is 319. The minimum absolute atomic E-state index is 0.234. The molecule has 0 bridgehead atoms. The van der Waals surface area contributed by atoms with E-state index in [0.29, 0.717) is 6.04 Å². The molecule has 1 unspecified atom stereocenters. The van der Waals surface area contributed by atoms with Gasteiger partial charge in [0.2, 0.25) is 0 Å². The highest BCUT2D eigenvalue weighted by molar-refractivity contribution is 14.1. The lowest BCUT2D eigenvalue weighted by Gasteiger charge is -2.21. The number of alkyl halides is 1. The van der Waals surface area contributed by atoms with Crippen LogP contribution >= 0.6 is 22.6 Å². The summed E-state index contributed by atoms with van der Waals surface area (Å²) >= 11 is 2.35. The molecule has 1 saturated heterocycles. The van der Waals surface area contributed by atoms with Crippen LogP contribution in [0.5, 0.6) is 0 Å². The fraction of sp³-hybridized carbons (Fsp3) is 0.500. The van der Waals surface area contributed by atoms with Gasteiger partial charge < -0.3 is 0 Å². The third-order valence-corrected chi connectivity index (χ3v) is 3.50. The van der Waals surface area contributed by atoms with Gasteiger partial charge in [-0.05, 0) is 31.0 Å². The lowest BCUT2D eigenvalue weighted by atomic mass is 10.1. The number of aromatic nitrogens is 1. The quantitative estimate of drug-likeness (QED) is 0.474. The van der Waals surface area contributed by atoms with Crippen molar-refractivity contribution in [2.45, 2.75) is 18.9 Å². The van der Waals surface area contributed by atoms with Crippen molar-refractivity contribution in [3.8, 4) is 0 Å². The Kier molecular flexibility index (Phi) is 3.33. The van der Waals surface area contributed by atoms with Gasteiger partial charge in [-0.2, -0.15) is 0 Å². The molecule has 0 aliphatic carbocycles. The molecule has 4 heteroatoms. The highest BCUT2D eigenvalue weighted by atomic mass is 127. The van der Waals surface area contributed by atoms with Gasteiger partial charge in [0.1, 0.15) is 5.82 Å². The SMILES string of the molecule is Fc1cncc(C2CCCN2CI)c1. The summed E-state index contributed by atoms with van der Waals surface area (Å²) in [6, 6.07) is 1.97. The maximum Gasteiger partial charge on any atom is 0.141 e. The number of rotatable bonds is 2. The minimum atomic E-state index is -0.234. The average molecular weight is 306 g/mol. The Hall–Kier alpha value is -0.230. The summed E-state index contributed by atoms with van der Waals surface area (Å²) in [4.78, 5) is 6.25. The molecule has 2 rings (SSSR count). The summed E-state index contributed by atoms with van der Waals surface area (Å²) in [6.07, 6.45) is 5.35. The van der Waals surface area contributed by atoms with Crippen molar-refractivity contribution in [1.29, 1.82) is 0 Å². The summed E-state index contributed by atoms with van der Waals surface area (Å²) in [5, 5.41) is 0. The minimum Gasteiger partial charge on any atom is -0.287 e. The first-order chi connectivity index (χ1) is 6.81. The molecule has 1 aliphatic heterocycles. The van der Waals surface area contributed by atoms with Crippen LogP contribution in [0.4, 0.5) is 4.39 Å². The molecule has 14 heavy (non-hydrogen) atoms. The van der Waals surface area contributed by atoms with Crippen LogP contribution in [0.3, 0.4) is 0 Å². The molecule has 1 aromatic heterocycles. The van der Waals surface area contributed by atoms with E-state index in [-0.39, 0.29) is 5.82 Å². The number of nitrogens with zero attached hydrogens (tertiary/aromatic N) is 2. The second kappa shape index (κ2) is 4.53. The van der Waals surface area contributed by atoms with Crippen LogP contribution in [-0.4, -0.2) is 21.0 Å². The van der Waals surface area contributed by atoms with Crippen LogP contribution in [-0.2, 0) is 0 Å². The standard InChI is InChI=1S/C10H12FIN2/c11-9-4-8(5-13-6-9)10-2-1-3-14(10)7-12/h4-6,10H,1-3,7H2. The molecular formula is C10H12FIN2. The average Bonchev–Trinajstić information content (AvgIpc) is 2.65. The fourth-order valence-corrected chi connectivity index (χ4v) is 2.77. The van der Waals surface area contributed by atoms with Crippen LogP contribution in [0.25, 0.3) is 0 Å². The number of hydrogen-bond donors (Lipinski definition) is 0. The third kappa shape index (κ3) is 2.06. The first-order valence-electron chi connectivity index (χ1n) is 4.71. The summed E-state index contributed by atoms with van der Waals surface area (Å²) in [5.41, 5.74) is 1.01. The molecule has 2 nitrogen and oxygen atoms in total. The summed E-state index contributed by atoms with van der Waals surface area (Å²) in [5.74, 6) is -0.234.